The largest absolute Gasteiger partial charge is 0.394 e. The Hall–Kier alpha value is -1.65. The predicted molar refractivity (Wildman–Crippen MR) is 202 cm³/mol. The molecule has 0 rings (SSSR count). The van der Waals surface area contributed by atoms with Crippen molar-refractivity contribution in [3.8, 4) is 0 Å². The van der Waals surface area contributed by atoms with Crippen LogP contribution in [0.3, 0.4) is 0 Å². The quantitative estimate of drug-likeness (QED) is 0.0475. The lowest BCUT2D eigenvalue weighted by molar-refractivity contribution is -0.123. The number of hydrogen-bond acceptors (Lipinski definition) is 3. The van der Waals surface area contributed by atoms with Gasteiger partial charge in [0.2, 0.25) is 5.91 Å². The summed E-state index contributed by atoms with van der Waals surface area (Å²) in [5, 5.41) is 22.9. The first kappa shape index (κ1) is 44.4. The van der Waals surface area contributed by atoms with E-state index in [9.17, 15) is 15.0 Å². The van der Waals surface area contributed by atoms with Gasteiger partial charge in [0.25, 0.3) is 0 Å². The summed E-state index contributed by atoms with van der Waals surface area (Å²) < 4.78 is 0. The van der Waals surface area contributed by atoms with Gasteiger partial charge in [-0.3, -0.25) is 4.79 Å². The number of aliphatic hydroxyl groups excluding tert-OH is 2. The van der Waals surface area contributed by atoms with E-state index in [1.54, 1.807) is 6.08 Å². The minimum Gasteiger partial charge on any atom is -0.394 e. The molecule has 0 aliphatic heterocycles. The second-order valence-electron chi connectivity index (χ2n) is 13.3. The first-order valence-corrected chi connectivity index (χ1v) is 19.9. The highest BCUT2D eigenvalue weighted by Crippen LogP contribution is 2.13. The van der Waals surface area contributed by atoms with E-state index in [1.165, 1.54) is 135 Å². The molecule has 4 nitrogen and oxygen atoms in total. The van der Waals surface area contributed by atoms with Crippen LogP contribution in [0.4, 0.5) is 0 Å². The summed E-state index contributed by atoms with van der Waals surface area (Å²) in [6.07, 6.45) is 50.6. The molecule has 0 heterocycles. The van der Waals surface area contributed by atoms with E-state index in [-0.39, 0.29) is 12.5 Å². The van der Waals surface area contributed by atoms with Crippen LogP contribution in [0.2, 0.25) is 0 Å². The van der Waals surface area contributed by atoms with Crippen LogP contribution < -0.4 is 5.32 Å². The molecule has 0 radical (unpaired) electrons. The first-order valence-electron chi connectivity index (χ1n) is 19.9. The number of carbonyl (C=O) groups is 1. The average molecular weight is 644 g/mol. The molecule has 268 valence electrons. The molecule has 0 aromatic rings. The number of carbonyl (C=O) groups excluding carboxylic acids is 1. The number of allylic oxidation sites excluding steroid dienone is 7. The van der Waals surface area contributed by atoms with Gasteiger partial charge in [-0.1, -0.05) is 165 Å². The zero-order valence-corrected chi connectivity index (χ0v) is 30.6. The van der Waals surface area contributed by atoms with Gasteiger partial charge in [0.05, 0.1) is 18.8 Å². The van der Waals surface area contributed by atoms with E-state index >= 15 is 0 Å². The maximum atomic E-state index is 12.3. The van der Waals surface area contributed by atoms with Gasteiger partial charge in [-0.2, -0.15) is 0 Å². The molecule has 3 N–H and O–H groups in total. The summed E-state index contributed by atoms with van der Waals surface area (Å²) in [6.45, 7) is 4.25. The monoisotopic (exact) mass is 644 g/mol. The van der Waals surface area contributed by atoms with Crippen LogP contribution in [-0.2, 0) is 4.79 Å². The molecule has 0 aliphatic carbocycles. The highest BCUT2D eigenvalue weighted by atomic mass is 16.3. The number of aliphatic hydroxyl groups is 2. The van der Waals surface area contributed by atoms with Crippen LogP contribution in [-0.4, -0.2) is 34.9 Å². The molecular formula is C42H77NO3. The van der Waals surface area contributed by atoms with Crippen molar-refractivity contribution >= 4 is 5.91 Å². The van der Waals surface area contributed by atoms with Crippen LogP contribution in [0.25, 0.3) is 0 Å². The number of nitrogens with one attached hydrogen (secondary N) is 1. The van der Waals surface area contributed by atoms with E-state index in [2.05, 4.69) is 55.6 Å². The van der Waals surface area contributed by atoms with Crippen molar-refractivity contribution in [2.24, 2.45) is 0 Å². The third kappa shape index (κ3) is 33.7. The van der Waals surface area contributed by atoms with Gasteiger partial charge in [-0.15, -0.1) is 0 Å². The summed E-state index contributed by atoms with van der Waals surface area (Å²) in [7, 11) is 0. The summed E-state index contributed by atoms with van der Waals surface area (Å²) in [5.41, 5.74) is 0. The van der Waals surface area contributed by atoms with Crippen LogP contribution >= 0.6 is 0 Å². The van der Waals surface area contributed by atoms with E-state index < -0.39 is 12.1 Å². The Morgan fingerprint density at radius 2 is 0.848 bits per heavy atom. The molecule has 0 aromatic carbocycles. The maximum absolute atomic E-state index is 12.3. The van der Waals surface area contributed by atoms with Crippen molar-refractivity contribution in [1.29, 1.82) is 0 Å². The smallest absolute Gasteiger partial charge is 0.220 e. The van der Waals surface area contributed by atoms with E-state index in [4.69, 9.17) is 0 Å². The van der Waals surface area contributed by atoms with Gasteiger partial charge >= 0.3 is 0 Å². The zero-order chi connectivity index (χ0) is 33.6. The van der Waals surface area contributed by atoms with Gasteiger partial charge in [0, 0.05) is 6.42 Å². The van der Waals surface area contributed by atoms with Crippen LogP contribution in [0.15, 0.2) is 48.6 Å². The van der Waals surface area contributed by atoms with Crippen LogP contribution in [0, 0.1) is 0 Å². The fourth-order valence-corrected chi connectivity index (χ4v) is 5.67. The lowest BCUT2D eigenvalue weighted by atomic mass is 10.0. The summed E-state index contributed by atoms with van der Waals surface area (Å²) in [6, 6.07) is -0.645. The standard InChI is InChI=1S/C42H77NO3/c1-3-5-7-9-11-13-15-17-18-19-20-21-22-23-24-26-28-30-32-34-36-38-42(46)43-40(39-44)41(45)37-35-33-31-29-27-25-16-14-12-10-8-6-4-2/h12,14,19-20,27,29,35,37,40-41,44-45H,3-11,13,15-18,21-26,28,30-34,36,38-39H2,1-2H3,(H,43,46)/b14-12+,20-19-,29-27+,37-35+. The fraction of sp³-hybridized carbons (Fsp3) is 0.786. The molecule has 46 heavy (non-hydrogen) atoms. The van der Waals surface area contributed by atoms with E-state index in [1.807, 2.05) is 6.08 Å². The first-order chi connectivity index (χ1) is 22.7. The number of unbranched alkanes of at least 4 members (excludes halogenated alkanes) is 22. The van der Waals surface area contributed by atoms with Gasteiger partial charge in [-0.25, -0.2) is 0 Å². The molecule has 0 aromatic heterocycles. The molecule has 0 saturated carbocycles. The molecule has 4 heteroatoms. The Balaban J connectivity index is 3.63. The molecule has 0 fully saturated rings. The van der Waals surface area contributed by atoms with Gasteiger partial charge in [0.1, 0.15) is 0 Å². The number of amides is 1. The van der Waals surface area contributed by atoms with Crippen molar-refractivity contribution in [1.82, 2.24) is 5.32 Å². The van der Waals surface area contributed by atoms with Crippen LogP contribution in [0.5, 0.6) is 0 Å². The lowest BCUT2D eigenvalue weighted by Gasteiger charge is -2.19. The van der Waals surface area contributed by atoms with Crippen molar-refractivity contribution in [2.75, 3.05) is 6.61 Å². The summed E-state index contributed by atoms with van der Waals surface area (Å²) in [4.78, 5) is 12.3. The van der Waals surface area contributed by atoms with Crippen molar-refractivity contribution in [3.05, 3.63) is 48.6 Å². The molecule has 0 aliphatic rings. The van der Waals surface area contributed by atoms with Crippen molar-refractivity contribution in [2.45, 2.75) is 206 Å². The summed E-state index contributed by atoms with van der Waals surface area (Å²) in [5.74, 6) is -0.0827. The topological polar surface area (TPSA) is 69.6 Å². The molecule has 0 bridgehead atoms. The van der Waals surface area contributed by atoms with E-state index in [0.717, 1.165) is 38.5 Å². The Morgan fingerprint density at radius 3 is 1.30 bits per heavy atom. The van der Waals surface area contributed by atoms with Gasteiger partial charge in [-0.05, 0) is 70.6 Å². The Labute approximate surface area is 286 Å². The lowest BCUT2D eigenvalue weighted by Crippen LogP contribution is -2.45. The van der Waals surface area contributed by atoms with Crippen molar-refractivity contribution < 1.29 is 15.0 Å². The minimum absolute atomic E-state index is 0.0827. The highest BCUT2D eigenvalue weighted by molar-refractivity contribution is 5.76. The number of hydrogen-bond donors (Lipinski definition) is 3. The second kappa shape index (κ2) is 37.8. The molecule has 0 spiro atoms. The second-order valence-corrected chi connectivity index (χ2v) is 13.3. The normalized spacial score (nSPS) is 13.6. The number of rotatable bonds is 35. The Kier molecular flexibility index (Phi) is 36.4. The Bertz CT molecular complexity index is 741. The van der Waals surface area contributed by atoms with Crippen LogP contribution in [0.1, 0.15) is 194 Å². The third-order valence-corrected chi connectivity index (χ3v) is 8.76. The third-order valence-electron chi connectivity index (χ3n) is 8.76. The molecule has 0 saturated heterocycles. The average Bonchev–Trinajstić information content (AvgIpc) is 3.06. The van der Waals surface area contributed by atoms with Crippen molar-refractivity contribution in [3.63, 3.8) is 0 Å². The molecule has 2 atom stereocenters. The highest BCUT2D eigenvalue weighted by Gasteiger charge is 2.17. The zero-order valence-electron chi connectivity index (χ0n) is 30.6. The minimum atomic E-state index is -0.869. The summed E-state index contributed by atoms with van der Waals surface area (Å²) >= 11 is 0. The van der Waals surface area contributed by atoms with E-state index in [0.29, 0.717) is 6.42 Å². The van der Waals surface area contributed by atoms with Gasteiger partial charge < -0.3 is 15.5 Å². The van der Waals surface area contributed by atoms with Gasteiger partial charge in [0.15, 0.2) is 0 Å². The molecule has 1 amide bonds. The Morgan fingerprint density at radius 1 is 0.500 bits per heavy atom. The molecule has 2 unspecified atom stereocenters. The fourth-order valence-electron chi connectivity index (χ4n) is 5.67. The molecular weight excluding hydrogens is 566 g/mol. The SMILES string of the molecule is CCCCC/C=C/CC/C=C/CC/C=C/C(O)C(CO)NC(=O)CCCCCCCCCCC/C=C\CCCCCCCCCC. The predicted octanol–water partition coefficient (Wildman–Crippen LogP) is 12.0. The maximum Gasteiger partial charge on any atom is 0.220 e.